The van der Waals surface area contributed by atoms with Crippen LogP contribution in [0.25, 0.3) is 0 Å². The Kier molecular flexibility index (Phi) is 4.78. The van der Waals surface area contributed by atoms with Gasteiger partial charge >= 0.3 is 0 Å². The summed E-state index contributed by atoms with van der Waals surface area (Å²) < 4.78 is 0. The molecule has 2 heterocycles. The van der Waals surface area contributed by atoms with E-state index in [4.69, 9.17) is 5.73 Å². The predicted octanol–water partition coefficient (Wildman–Crippen LogP) is 1.63. The number of aromatic nitrogens is 1. The molecule has 1 saturated heterocycles. The van der Waals surface area contributed by atoms with Crippen LogP contribution >= 0.6 is 0 Å². The largest absolute Gasteiger partial charge is 0.329 e. The maximum Gasteiger partial charge on any atom is 0.0547 e. The Morgan fingerprint density at radius 3 is 2.75 bits per heavy atom. The molecule has 0 bridgehead atoms. The Labute approximate surface area is 123 Å². The molecule has 1 aromatic heterocycles. The third-order valence-corrected chi connectivity index (χ3v) is 4.63. The minimum atomic E-state index is 0.0930. The van der Waals surface area contributed by atoms with Crippen LogP contribution < -0.4 is 5.73 Å². The summed E-state index contributed by atoms with van der Waals surface area (Å²) in [6.07, 6.45) is 1.14. The number of likely N-dealkylation sites (N-methyl/N-ethyl adjacent to an activating group) is 1. The summed E-state index contributed by atoms with van der Waals surface area (Å²) in [4.78, 5) is 9.53. The first-order valence-corrected chi connectivity index (χ1v) is 7.55. The maximum absolute atomic E-state index is 6.13. The number of hydrogen-bond acceptors (Lipinski definition) is 4. The van der Waals surface area contributed by atoms with E-state index < -0.39 is 0 Å². The van der Waals surface area contributed by atoms with E-state index in [0.29, 0.717) is 12.6 Å². The van der Waals surface area contributed by atoms with Crippen LogP contribution in [-0.2, 0) is 6.54 Å². The zero-order valence-corrected chi connectivity index (χ0v) is 13.3. The lowest BCUT2D eigenvalue weighted by Crippen LogP contribution is -2.54. The molecule has 2 rings (SSSR count). The average Bonchev–Trinajstić information content (AvgIpc) is 2.84. The van der Waals surface area contributed by atoms with E-state index in [9.17, 15) is 0 Å². The molecule has 1 aromatic rings. The molecule has 1 atom stereocenters. The van der Waals surface area contributed by atoms with E-state index >= 15 is 0 Å². The summed E-state index contributed by atoms with van der Waals surface area (Å²) in [5.74, 6) is 0. The van der Waals surface area contributed by atoms with Crippen molar-refractivity contribution >= 4 is 0 Å². The minimum absolute atomic E-state index is 0.0930. The summed E-state index contributed by atoms with van der Waals surface area (Å²) in [5, 5.41) is 0. The summed E-state index contributed by atoms with van der Waals surface area (Å²) in [5.41, 5.74) is 8.42. The van der Waals surface area contributed by atoms with E-state index in [1.54, 1.807) is 0 Å². The first-order valence-electron chi connectivity index (χ1n) is 7.55. The van der Waals surface area contributed by atoms with Crippen molar-refractivity contribution in [1.29, 1.82) is 0 Å². The molecular weight excluding hydrogens is 248 g/mol. The van der Waals surface area contributed by atoms with Gasteiger partial charge in [0, 0.05) is 43.5 Å². The van der Waals surface area contributed by atoms with Gasteiger partial charge in [0.25, 0.3) is 0 Å². The van der Waals surface area contributed by atoms with Gasteiger partial charge in [-0.05, 0) is 46.4 Å². The van der Waals surface area contributed by atoms with Crippen LogP contribution in [0.2, 0.25) is 0 Å². The van der Waals surface area contributed by atoms with Gasteiger partial charge in [-0.15, -0.1) is 0 Å². The number of nitrogens with two attached hydrogens (primary N) is 1. The van der Waals surface area contributed by atoms with Crippen LogP contribution in [0.1, 0.15) is 31.7 Å². The molecule has 1 aliphatic rings. The lowest BCUT2D eigenvalue weighted by Gasteiger charge is -2.38. The predicted molar refractivity (Wildman–Crippen MR) is 83.6 cm³/mol. The van der Waals surface area contributed by atoms with Gasteiger partial charge in [-0.1, -0.05) is 6.07 Å². The van der Waals surface area contributed by atoms with Crippen LogP contribution in [0.4, 0.5) is 0 Å². The van der Waals surface area contributed by atoms with Crippen LogP contribution in [0.15, 0.2) is 18.2 Å². The van der Waals surface area contributed by atoms with Crippen molar-refractivity contribution in [3.63, 3.8) is 0 Å². The number of pyridine rings is 1. The van der Waals surface area contributed by atoms with Gasteiger partial charge in [0.1, 0.15) is 0 Å². The SMILES string of the molecule is Cc1cccc(CN(C)C2(CN)CCN(C(C)C)C2)n1. The maximum atomic E-state index is 6.13. The molecule has 112 valence electrons. The Hall–Kier alpha value is -0.970. The molecule has 4 heteroatoms. The van der Waals surface area contributed by atoms with Gasteiger partial charge in [-0.25, -0.2) is 0 Å². The standard InChI is InChI=1S/C16H28N4/c1-13(2)20-9-8-16(11-17,12-20)19(4)10-15-7-5-6-14(3)18-15/h5-7,13H,8-12,17H2,1-4H3. The van der Waals surface area contributed by atoms with Gasteiger partial charge < -0.3 is 5.73 Å². The number of rotatable bonds is 5. The third kappa shape index (κ3) is 3.19. The molecule has 1 unspecified atom stereocenters. The number of hydrogen-bond donors (Lipinski definition) is 1. The van der Waals surface area contributed by atoms with E-state index in [-0.39, 0.29) is 5.54 Å². The number of aryl methyl sites for hydroxylation is 1. The summed E-state index contributed by atoms with van der Waals surface area (Å²) in [6, 6.07) is 6.81. The molecule has 0 amide bonds. The second-order valence-electron chi connectivity index (χ2n) is 6.37. The Morgan fingerprint density at radius 1 is 1.45 bits per heavy atom. The van der Waals surface area contributed by atoms with E-state index in [0.717, 1.165) is 37.4 Å². The second-order valence-corrected chi connectivity index (χ2v) is 6.37. The van der Waals surface area contributed by atoms with Gasteiger partial charge in [-0.2, -0.15) is 0 Å². The fourth-order valence-corrected chi connectivity index (χ4v) is 3.06. The number of likely N-dealkylation sites (tertiary alicyclic amines) is 1. The normalized spacial score (nSPS) is 23.9. The van der Waals surface area contributed by atoms with Gasteiger partial charge in [0.15, 0.2) is 0 Å². The van der Waals surface area contributed by atoms with E-state index in [1.165, 1.54) is 0 Å². The van der Waals surface area contributed by atoms with Crippen molar-refractivity contribution in [3.8, 4) is 0 Å². The lowest BCUT2D eigenvalue weighted by molar-refractivity contribution is 0.114. The molecule has 0 spiro atoms. The van der Waals surface area contributed by atoms with E-state index in [1.807, 2.05) is 13.0 Å². The topological polar surface area (TPSA) is 45.4 Å². The Balaban J connectivity index is 2.08. The average molecular weight is 276 g/mol. The quantitative estimate of drug-likeness (QED) is 0.888. The van der Waals surface area contributed by atoms with Crippen molar-refractivity contribution in [2.24, 2.45) is 5.73 Å². The van der Waals surface area contributed by atoms with Crippen LogP contribution in [0, 0.1) is 6.92 Å². The van der Waals surface area contributed by atoms with Gasteiger partial charge in [0.2, 0.25) is 0 Å². The summed E-state index contributed by atoms with van der Waals surface area (Å²) in [6.45, 7) is 10.3. The first kappa shape index (κ1) is 15.4. The number of nitrogens with zero attached hydrogens (tertiary/aromatic N) is 3. The molecule has 0 radical (unpaired) electrons. The summed E-state index contributed by atoms with van der Waals surface area (Å²) in [7, 11) is 2.18. The van der Waals surface area contributed by atoms with Crippen molar-refractivity contribution < 1.29 is 0 Å². The van der Waals surface area contributed by atoms with Crippen molar-refractivity contribution in [3.05, 3.63) is 29.6 Å². The monoisotopic (exact) mass is 276 g/mol. The minimum Gasteiger partial charge on any atom is -0.329 e. The summed E-state index contributed by atoms with van der Waals surface area (Å²) >= 11 is 0. The zero-order chi connectivity index (χ0) is 14.8. The molecule has 1 fully saturated rings. The third-order valence-electron chi connectivity index (χ3n) is 4.63. The molecule has 2 N–H and O–H groups in total. The Bertz CT molecular complexity index is 446. The molecule has 1 aliphatic heterocycles. The first-order chi connectivity index (χ1) is 9.47. The molecular formula is C16H28N4. The van der Waals surface area contributed by atoms with E-state index in [2.05, 4.69) is 47.8 Å². The van der Waals surface area contributed by atoms with Crippen LogP contribution in [0.5, 0.6) is 0 Å². The van der Waals surface area contributed by atoms with Gasteiger partial charge in [-0.3, -0.25) is 14.8 Å². The highest BCUT2D eigenvalue weighted by atomic mass is 15.3. The van der Waals surface area contributed by atoms with Crippen molar-refractivity contribution in [2.75, 3.05) is 26.7 Å². The van der Waals surface area contributed by atoms with Crippen LogP contribution in [0.3, 0.4) is 0 Å². The fourth-order valence-electron chi connectivity index (χ4n) is 3.06. The van der Waals surface area contributed by atoms with Crippen molar-refractivity contribution in [2.45, 2.75) is 45.3 Å². The zero-order valence-electron chi connectivity index (χ0n) is 13.3. The molecule has 20 heavy (non-hydrogen) atoms. The highest BCUT2D eigenvalue weighted by Crippen LogP contribution is 2.28. The highest BCUT2D eigenvalue weighted by molar-refractivity contribution is 5.11. The molecule has 0 saturated carbocycles. The highest BCUT2D eigenvalue weighted by Gasteiger charge is 2.41. The molecule has 0 aromatic carbocycles. The second kappa shape index (κ2) is 6.20. The molecule has 0 aliphatic carbocycles. The van der Waals surface area contributed by atoms with Gasteiger partial charge in [0.05, 0.1) is 5.69 Å². The Morgan fingerprint density at radius 2 is 2.20 bits per heavy atom. The fraction of sp³-hybridized carbons (Fsp3) is 0.688. The lowest BCUT2D eigenvalue weighted by atomic mass is 9.96. The van der Waals surface area contributed by atoms with Crippen molar-refractivity contribution in [1.82, 2.24) is 14.8 Å². The smallest absolute Gasteiger partial charge is 0.0547 e. The van der Waals surface area contributed by atoms with Crippen LogP contribution in [-0.4, -0.2) is 53.0 Å². The molecule has 4 nitrogen and oxygen atoms in total.